The molecular weight excluding hydrogens is 1180 g/mol. The Labute approximate surface area is 593 Å². The van der Waals surface area contributed by atoms with E-state index < -0.39 is 11.5 Å². The molecule has 4 nitrogen and oxygen atoms in total. The van der Waals surface area contributed by atoms with E-state index >= 15 is 0 Å². The van der Waals surface area contributed by atoms with Gasteiger partial charge in [0, 0.05) is 78.2 Å². The molecule has 0 atom stereocenters. The Balaban J connectivity index is 1.19. The van der Waals surface area contributed by atoms with Crippen molar-refractivity contribution in [3.63, 3.8) is 0 Å². The Kier molecular flexibility index (Phi) is 14.2. The number of anilines is 6. The van der Waals surface area contributed by atoms with Crippen molar-refractivity contribution in [2.75, 3.05) is 9.80 Å². The van der Waals surface area contributed by atoms with Crippen molar-refractivity contribution in [3.05, 3.63) is 257 Å². The van der Waals surface area contributed by atoms with Gasteiger partial charge in [-0.3, -0.25) is 4.98 Å². The first-order valence-electron chi connectivity index (χ1n) is 37.8. The molecule has 2 aromatic heterocycles. The highest BCUT2D eigenvalue weighted by Gasteiger charge is 2.46. The third kappa shape index (κ3) is 11.8. The highest BCUT2D eigenvalue weighted by molar-refractivity contribution is 7.00. The molecule has 14 rings (SSSR count). The van der Waals surface area contributed by atoms with Crippen molar-refractivity contribution in [3.8, 4) is 50.2 Å². The summed E-state index contributed by atoms with van der Waals surface area (Å²) in [6.45, 7) is 47.7. The average molecular weight is 1290 g/mol. The molecule has 10 aromatic carbocycles. The van der Waals surface area contributed by atoms with Crippen molar-refractivity contribution < 1.29 is 6.85 Å². The zero-order chi connectivity index (χ0) is 74.1. The van der Waals surface area contributed by atoms with Gasteiger partial charge in [0.1, 0.15) is 0 Å². The van der Waals surface area contributed by atoms with Crippen molar-refractivity contribution >= 4 is 79.0 Å². The standard InChI is InChI=1S/C93H99BN4/c1-87(2,3)64-38-43-77-73(51-64)74-52-65(88(4,5)6)39-44-78(74)96(77)69-40-42-76-80(57-69)97(70-46-62(59-33-27-23-28-34-59)45-66(50-70)89(7,8)9)81-55-68(91(13,14)15)56-82-85(81)94(76)75-41-37-61(58-31-25-22-26-32-58)47-79(75)98(82)86-71(60-35-29-24-30-36-60)53-67(90(10,11)12)54-72(86)63-48-83(92(16,17)18)95-84(49-63)93(19,20)21/h22-57H,1-21H3/i22D,25D,26D,31D,32D. The predicted octanol–water partition coefficient (Wildman–Crippen LogP) is 24.0. The molecule has 0 aliphatic carbocycles. The lowest BCUT2D eigenvalue weighted by Gasteiger charge is -2.46. The Hall–Kier alpha value is -9.19. The van der Waals surface area contributed by atoms with E-state index in [-0.39, 0.29) is 68.9 Å². The molecule has 2 aliphatic rings. The summed E-state index contributed by atoms with van der Waals surface area (Å²) in [6, 6.07) is 69.3. The van der Waals surface area contributed by atoms with E-state index in [1.54, 1.807) is 0 Å². The highest BCUT2D eigenvalue weighted by Crippen LogP contribution is 2.54. The summed E-state index contributed by atoms with van der Waals surface area (Å²) in [5, 5.41) is 2.44. The molecule has 0 bridgehead atoms. The molecule has 0 unspecified atom stereocenters. The van der Waals surface area contributed by atoms with E-state index in [0.29, 0.717) is 5.56 Å². The van der Waals surface area contributed by atoms with Gasteiger partial charge in [-0.15, -0.1) is 0 Å². The molecule has 0 saturated carbocycles. The number of fused-ring (bicyclic) bond motifs is 7. The third-order valence-corrected chi connectivity index (χ3v) is 20.6. The second-order valence-electron chi connectivity index (χ2n) is 35.1. The van der Waals surface area contributed by atoms with Crippen LogP contribution >= 0.6 is 0 Å². The normalized spacial score (nSPS) is 14.4. The van der Waals surface area contributed by atoms with Crippen LogP contribution in [0.2, 0.25) is 0 Å². The summed E-state index contributed by atoms with van der Waals surface area (Å²) in [6.07, 6.45) is 0. The van der Waals surface area contributed by atoms with E-state index in [0.717, 1.165) is 118 Å². The zero-order valence-electron chi connectivity index (χ0n) is 66.8. The molecule has 0 radical (unpaired) electrons. The average Bonchev–Trinajstić information content (AvgIpc) is 0.886. The first-order valence-corrected chi connectivity index (χ1v) is 35.3. The molecule has 0 saturated heterocycles. The number of hydrogen-bond acceptors (Lipinski definition) is 3. The van der Waals surface area contributed by atoms with E-state index in [9.17, 15) is 2.74 Å². The van der Waals surface area contributed by atoms with E-state index in [1.165, 1.54) is 33.0 Å². The maximum Gasteiger partial charge on any atom is 0.252 e. The summed E-state index contributed by atoms with van der Waals surface area (Å²) < 4.78 is 48.9. The summed E-state index contributed by atoms with van der Waals surface area (Å²) in [5.41, 5.74) is 25.8. The molecule has 4 heterocycles. The van der Waals surface area contributed by atoms with Gasteiger partial charge in [0.05, 0.1) is 23.6 Å². The van der Waals surface area contributed by atoms with Crippen LogP contribution in [0.15, 0.2) is 218 Å². The van der Waals surface area contributed by atoms with E-state index in [4.69, 9.17) is 9.10 Å². The van der Waals surface area contributed by atoms with Gasteiger partial charge in [0.15, 0.2) is 0 Å². The summed E-state index contributed by atoms with van der Waals surface area (Å²) in [7, 11) is 0. The molecule has 2 aliphatic heterocycles. The Morgan fingerprint density at radius 2 is 0.786 bits per heavy atom. The van der Waals surface area contributed by atoms with Crippen LogP contribution in [0.25, 0.3) is 72.0 Å². The van der Waals surface area contributed by atoms with Crippen molar-refractivity contribution in [2.45, 2.75) is 183 Å². The number of hydrogen-bond donors (Lipinski definition) is 0. The summed E-state index contributed by atoms with van der Waals surface area (Å²) >= 11 is 0. The zero-order valence-corrected chi connectivity index (χ0v) is 61.8. The fourth-order valence-electron chi connectivity index (χ4n) is 14.6. The van der Waals surface area contributed by atoms with Gasteiger partial charge in [-0.25, -0.2) is 0 Å². The van der Waals surface area contributed by atoms with E-state index in [1.807, 2.05) is 6.07 Å². The van der Waals surface area contributed by atoms with Gasteiger partial charge in [-0.2, -0.15) is 0 Å². The smallest absolute Gasteiger partial charge is 0.252 e. The van der Waals surface area contributed by atoms with E-state index in [2.05, 4.69) is 342 Å². The van der Waals surface area contributed by atoms with Crippen LogP contribution in [0.5, 0.6) is 0 Å². The van der Waals surface area contributed by atoms with Crippen molar-refractivity contribution in [2.24, 2.45) is 0 Å². The monoisotopic (exact) mass is 1290 g/mol. The predicted molar refractivity (Wildman–Crippen MR) is 425 cm³/mol. The first kappa shape index (κ1) is 60.0. The fourth-order valence-corrected chi connectivity index (χ4v) is 14.6. The van der Waals surface area contributed by atoms with Crippen LogP contribution < -0.4 is 26.2 Å². The number of rotatable bonds is 7. The maximum atomic E-state index is 9.65. The quantitative estimate of drug-likeness (QED) is 0.149. The SMILES string of the molecule is [2H]c1c([2H])c([2H])c(-c2ccc3c(c2)N(c2c(-c4ccccc4)cc(C(C)(C)C)cc2-c2cc(C(C)(C)C)nc(C(C)(C)C)c2)c2cc(C(C)(C)C)cc4c2B3c2ccc(-n3c5ccc(C(C)(C)C)cc5c5cc(C(C)(C)C)ccc53)cc2N4c2cc(-c3ccccc3)cc(C(C)(C)C)c2)c([2H])c1[2H]. The minimum Gasteiger partial charge on any atom is -0.311 e. The van der Waals surface area contributed by atoms with Crippen molar-refractivity contribution in [1.82, 2.24) is 9.55 Å². The number of pyridine rings is 1. The Bertz CT molecular complexity index is 5310. The van der Waals surface area contributed by atoms with Crippen molar-refractivity contribution in [1.29, 1.82) is 0 Å². The van der Waals surface area contributed by atoms with Gasteiger partial charge >= 0.3 is 0 Å². The topological polar surface area (TPSA) is 24.3 Å². The Morgan fingerprint density at radius 3 is 1.31 bits per heavy atom. The van der Waals surface area contributed by atoms with Gasteiger partial charge in [-0.1, -0.05) is 273 Å². The molecule has 0 fully saturated rings. The van der Waals surface area contributed by atoms with Gasteiger partial charge in [-0.05, 0) is 196 Å². The summed E-state index contributed by atoms with van der Waals surface area (Å²) in [4.78, 5) is 10.6. The largest absolute Gasteiger partial charge is 0.311 e. The number of aromatic nitrogens is 2. The van der Waals surface area contributed by atoms with Crippen LogP contribution in [0.1, 0.15) is 191 Å². The molecule has 494 valence electrons. The van der Waals surface area contributed by atoms with Gasteiger partial charge in [0.25, 0.3) is 6.71 Å². The summed E-state index contributed by atoms with van der Waals surface area (Å²) in [5.74, 6) is 0. The molecule has 5 heteroatoms. The molecular formula is C93H99BN4. The molecule has 0 amide bonds. The lowest BCUT2D eigenvalue weighted by molar-refractivity contribution is 0.531. The minimum absolute atomic E-state index is 0.0819. The molecule has 0 spiro atoms. The van der Waals surface area contributed by atoms with Gasteiger partial charge < -0.3 is 14.4 Å². The van der Waals surface area contributed by atoms with Gasteiger partial charge in [0.2, 0.25) is 0 Å². The second kappa shape index (κ2) is 23.2. The molecule has 0 N–H and O–H groups in total. The minimum atomic E-state index is -0.427. The second-order valence-corrected chi connectivity index (χ2v) is 35.1. The lowest BCUT2D eigenvalue weighted by Crippen LogP contribution is -2.61. The lowest BCUT2D eigenvalue weighted by atomic mass is 9.33. The fraction of sp³-hybridized carbons (Fsp3) is 0.301. The van der Waals surface area contributed by atoms with Crippen LogP contribution in [0.3, 0.4) is 0 Å². The first-order chi connectivity index (χ1) is 48.1. The number of benzene rings is 10. The highest BCUT2D eigenvalue weighted by atomic mass is 15.2. The van der Waals surface area contributed by atoms with Crippen LogP contribution in [0, 0.1) is 0 Å². The Morgan fingerprint density at radius 1 is 0.316 bits per heavy atom. The van der Waals surface area contributed by atoms with Crippen LogP contribution in [-0.2, 0) is 37.9 Å². The number of nitrogens with zero attached hydrogens (tertiary/aromatic N) is 4. The van der Waals surface area contributed by atoms with Crippen LogP contribution in [-0.4, -0.2) is 16.3 Å². The molecule has 98 heavy (non-hydrogen) atoms. The maximum absolute atomic E-state index is 9.65. The molecule has 12 aromatic rings. The third-order valence-electron chi connectivity index (χ3n) is 20.6. The van der Waals surface area contributed by atoms with Crippen LogP contribution in [0.4, 0.5) is 34.1 Å².